The summed E-state index contributed by atoms with van der Waals surface area (Å²) in [5, 5.41) is 3.07. The van der Waals surface area contributed by atoms with Gasteiger partial charge in [-0.2, -0.15) is 0 Å². The first-order chi connectivity index (χ1) is 9.57. The lowest BCUT2D eigenvalue weighted by Gasteiger charge is -2.07. The Balaban J connectivity index is 2.41. The molecule has 20 heavy (non-hydrogen) atoms. The number of rotatable bonds is 10. The summed E-state index contributed by atoms with van der Waals surface area (Å²) in [6.45, 7) is 3.48. The van der Waals surface area contributed by atoms with Gasteiger partial charge in [-0.15, -0.1) is 0 Å². The molecule has 0 unspecified atom stereocenters. The van der Waals surface area contributed by atoms with Gasteiger partial charge in [-0.05, 0) is 24.6 Å². The number of nitrogens with one attached hydrogen (secondary N) is 2. The normalized spacial score (nSPS) is 11.7. The van der Waals surface area contributed by atoms with E-state index in [4.69, 9.17) is 0 Å². The molecular formula is C15H26N2O2S. The zero-order valence-electron chi connectivity index (χ0n) is 12.5. The fourth-order valence-electron chi connectivity index (χ4n) is 2.01. The lowest BCUT2D eigenvalue weighted by Crippen LogP contribution is -2.26. The minimum Gasteiger partial charge on any atom is -0.316 e. The van der Waals surface area contributed by atoms with E-state index in [1.165, 1.54) is 0 Å². The maximum atomic E-state index is 11.9. The molecule has 0 saturated carbocycles. The Morgan fingerprint density at radius 2 is 1.65 bits per heavy atom. The molecule has 4 nitrogen and oxygen atoms in total. The number of unbranched alkanes of at least 4 members (excludes halogenated alkanes) is 3. The third-order valence-corrected chi connectivity index (χ3v) is 4.47. The van der Waals surface area contributed by atoms with Gasteiger partial charge >= 0.3 is 0 Å². The summed E-state index contributed by atoms with van der Waals surface area (Å²) in [4.78, 5) is 0. The summed E-state index contributed by atoms with van der Waals surface area (Å²) in [6, 6.07) is 7.68. The predicted octanol–water partition coefficient (Wildman–Crippen LogP) is 2.41. The van der Waals surface area contributed by atoms with Crippen LogP contribution in [0.5, 0.6) is 0 Å². The Labute approximate surface area is 123 Å². The van der Waals surface area contributed by atoms with E-state index in [1.807, 2.05) is 31.3 Å². The van der Waals surface area contributed by atoms with Gasteiger partial charge in [-0.25, -0.2) is 13.1 Å². The molecule has 0 radical (unpaired) electrons. The Kier molecular flexibility index (Phi) is 7.80. The molecule has 0 bridgehead atoms. The topological polar surface area (TPSA) is 58.2 Å². The molecule has 2 N–H and O–H groups in total. The fourth-order valence-corrected chi connectivity index (χ4v) is 3.20. The van der Waals surface area contributed by atoms with E-state index in [0.717, 1.165) is 43.4 Å². The largest absolute Gasteiger partial charge is 0.316 e. The van der Waals surface area contributed by atoms with Crippen LogP contribution in [0.15, 0.2) is 24.3 Å². The van der Waals surface area contributed by atoms with E-state index in [-0.39, 0.29) is 5.75 Å². The van der Waals surface area contributed by atoms with Gasteiger partial charge in [0.2, 0.25) is 10.0 Å². The number of hydrogen-bond donors (Lipinski definition) is 2. The van der Waals surface area contributed by atoms with Crippen LogP contribution < -0.4 is 10.0 Å². The van der Waals surface area contributed by atoms with Gasteiger partial charge in [-0.1, -0.05) is 50.5 Å². The molecule has 0 spiro atoms. The predicted molar refractivity (Wildman–Crippen MR) is 84.0 cm³/mol. The second-order valence-electron chi connectivity index (χ2n) is 5.06. The molecule has 0 heterocycles. The van der Waals surface area contributed by atoms with Gasteiger partial charge < -0.3 is 5.32 Å². The number of sulfonamides is 1. The molecule has 1 aromatic carbocycles. The molecular weight excluding hydrogens is 272 g/mol. The van der Waals surface area contributed by atoms with Crippen LogP contribution in [0.1, 0.15) is 43.7 Å². The Morgan fingerprint density at radius 3 is 2.25 bits per heavy atom. The minimum atomic E-state index is -3.21. The standard InChI is InChI=1S/C15H26N2O2S/c1-3-4-5-6-11-17-20(18,19)13-15-9-7-14(8-10-15)12-16-2/h7-10,16-17H,3-6,11-13H2,1-2H3. The molecule has 1 aromatic rings. The molecule has 0 aromatic heterocycles. The second kappa shape index (κ2) is 9.10. The average Bonchev–Trinajstić information content (AvgIpc) is 2.41. The van der Waals surface area contributed by atoms with Gasteiger partial charge in [0.15, 0.2) is 0 Å². The molecule has 5 heteroatoms. The van der Waals surface area contributed by atoms with E-state index in [1.54, 1.807) is 0 Å². The van der Waals surface area contributed by atoms with Crippen molar-refractivity contribution in [1.82, 2.24) is 10.0 Å². The Bertz CT molecular complexity index is 469. The van der Waals surface area contributed by atoms with Crippen LogP contribution in [0.4, 0.5) is 0 Å². The van der Waals surface area contributed by atoms with Crippen LogP contribution in [0.3, 0.4) is 0 Å². The van der Waals surface area contributed by atoms with Crippen molar-refractivity contribution in [3.8, 4) is 0 Å². The minimum absolute atomic E-state index is 0.0562. The van der Waals surface area contributed by atoms with Crippen LogP contribution >= 0.6 is 0 Å². The van der Waals surface area contributed by atoms with Gasteiger partial charge in [0.25, 0.3) is 0 Å². The van der Waals surface area contributed by atoms with Gasteiger partial charge in [0, 0.05) is 13.1 Å². The first kappa shape index (κ1) is 17.1. The third kappa shape index (κ3) is 7.03. The maximum Gasteiger partial charge on any atom is 0.215 e. The maximum absolute atomic E-state index is 11.9. The van der Waals surface area contributed by atoms with Crippen LogP contribution in [-0.2, 0) is 22.3 Å². The lowest BCUT2D eigenvalue weighted by molar-refractivity contribution is 0.573. The molecule has 1 rings (SSSR count). The smallest absolute Gasteiger partial charge is 0.215 e. The summed E-state index contributed by atoms with van der Waals surface area (Å²) < 4.78 is 26.5. The highest BCUT2D eigenvalue weighted by molar-refractivity contribution is 7.88. The summed E-state index contributed by atoms with van der Waals surface area (Å²) >= 11 is 0. The zero-order valence-corrected chi connectivity index (χ0v) is 13.3. The third-order valence-electron chi connectivity index (χ3n) is 3.11. The lowest BCUT2D eigenvalue weighted by atomic mass is 10.1. The summed E-state index contributed by atoms with van der Waals surface area (Å²) in [5.74, 6) is 0.0562. The van der Waals surface area contributed by atoms with Crippen molar-refractivity contribution in [3.05, 3.63) is 35.4 Å². The first-order valence-electron chi connectivity index (χ1n) is 7.27. The molecule has 0 atom stereocenters. The Hall–Kier alpha value is -0.910. The molecule has 0 saturated heterocycles. The highest BCUT2D eigenvalue weighted by Gasteiger charge is 2.10. The van der Waals surface area contributed by atoms with Crippen LogP contribution in [0, 0.1) is 0 Å². The second-order valence-corrected chi connectivity index (χ2v) is 6.87. The van der Waals surface area contributed by atoms with E-state index in [2.05, 4.69) is 17.0 Å². The van der Waals surface area contributed by atoms with Crippen molar-refractivity contribution in [2.24, 2.45) is 0 Å². The summed E-state index contributed by atoms with van der Waals surface area (Å²) in [5.41, 5.74) is 1.98. The van der Waals surface area contributed by atoms with Gasteiger partial charge in [0.1, 0.15) is 0 Å². The van der Waals surface area contributed by atoms with Gasteiger partial charge in [0.05, 0.1) is 5.75 Å². The fraction of sp³-hybridized carbons (Fsp3) is 0.600. The number of benzene rings is 1. The molecule has 0 fully saturated rings. The van der Waals surface area contributed by atoms with E-state index < -0.39 is 10.0 Å². The Morgan fingerprint density at radius 1 is 1.00 bits per heavy atom. The monoisotopic (exact) mass is 298 g/mol. The van der Waals surface area contributed by atoms with Crippen molar-refractivity contribution in [3.63, 3.8) is 0 Å². The summed E-state index contributed by atoms with van der Waals surface area (Å²) in [6.07, 6.45) is 4.31. The van der Waals surface area contributed by atoms with E-state index in [0.29, 0.717) is 6.54 Å². The van der Waals surface area contributed by atoms with Crippen molar-refractivity contribution in [2.75, 3.05) is 13.6 Å². The van der Waals surface area contributed by atoms with Crippen LogP contribution in [0.2, 0.25) is 0 Å². The highest BCUT2D eigenvalue weighted by atomic mass is 32.2. The number of hydrogen-bond acceptors (Lipinski definition) is 3. The SMILES string of the molecule is CCCCCCNS(=O)(=O)Cc1ccc(CNC)cc1. The zero-order chi connectivity index (χ0) is 14.8. The van der Waals surface area contributed by atoms with Crippen molar-refractivity contribution >= 4 is 10.0 Å². The quantitative estimate of drug-likeness (QED) is 0.652. The van der Waals surface area contributed by atoms with Crippen molar-refractivity contribution < 1.29 is 8.42 Å². The van der Waals surface area contributed by atoms with E-state index >= 15 is 0 Å². The molecule has 0 aliphatic heterocycles. The summed E-state index contributed by atoms with van der Waals surface area (Å²) in [7, 11) is -1.32. The molecule has 0 amide bonds. The first-order valence-corrected chi connectivity index (χ1v) is 8.92. The molecule has 0 aliphatic carbocycles. The van der Waals surface area contributed by atoms with Crippen LogP contribution in [-0.4, -0.2) is 22.0 Å². The van der Waals surface area contributed by atoms with Gasteiger partial charge in [-0.3, -0.25) is 0 Å². The average molecular weight is 298 g/mol. The van der Waals surface area contributed by atoms with Crippen molar-refractivity contribution in [2.45, 2.75) is 44.9 Å². The molecule has 114 valence electrons. The van der Waals surface area contributed by atoms with E-state index in [9.17, 15) is 8.42 Å². The highest BCUT2D eigenvalue weighted by Crippen LogP contribution is 2.08. The van der Waals surface area contributed by atoms with Crippen LogP contribution in [0.25, 0.3) is 0 Å². The van der Waals surface area contributed by atoms with Crippen molar-refractivity contribution in [1.29, 1.82) is 0 Å². The molecule has 0 aliphatic rings.